The Hall–Kier alpha value is -2.24. The zero-order chi connectivity index (χ0) is 17.7. The molecule has 3 rings (SSSR count). The van der Waals surface area contributed by atoms with Crippen LogP contribution in [0.15, 0.2) is 24.3 Å². The lowest BCUT2D eigenvalue weighted by atomic mass is 9.70. The number of esters is 1. The third kappa shape index (κ3) is 2.24. The summed E-state index contributed by atoms with van der Waals surface area (Å²) in [5.41, 5.74) is -0.234. The molecule has 0 N–H and O–H groups in total. The Morgan fingerprint density at radius 3 is 2.42 bits per heavy atom. The van der Waals surface area contributed by atoms with Crippen LogP contribution in [0.4, 0.5) is 5.69 Å². The summed E-state index contributed by atoms with van der Waals surface area (Å²) in [6.45, 7) is 6.35. The maximum atomic E-state index is 12.7. The molecule has 0 heterocycles. The molecule has 1 aromatic carbocycles. The summed E-state index contributed by atoms with van der Waals surface area (Å²) in [7, 11) is 0. The van der Waals surface area contributed by atoms with Crippen LogP contribution in [0.3, 0.4) is 0 Å². The van der Waals surface area contributed by atoms with Crippen LogP contribution in [-0.2, 0) is 9.53 Å². The molecule has 6 nitrogen and oxygen atoms in total. The van der Waals surface area contributed by atoms with Gasteiger partial charge in [0.25, 0.3) is 5.69 Å². The van der Waals surface area contributed by atoms with Gasteiger partial charge in [-0.05, 0) is 36.3 Å². The lowest BCUT2D eigenvalue weighted by Crippen LogP contribution is -2.34. The van der Waals surface area contributed by atoms with E-state index in [0.717, 1.165) is 12.8 Å². The summed E-state index contributed by atoms with van der Waals surface area (Å²) >= 11 is 0. The van der Waals surface area contributed by atoms with Gasteiger partial charge in [-0.15, -0.1) is 0 Å². The summed E-state index contributed by atoms with van der Waals surface area (Å²) in [6, 6.07) is 5.27. The zero-order valence-electron chi connectivity index (χ0n) is 14.1. The number of hydrogen-bond acceptors (Lipinski definition) is 5. The Balaban J connectivity index is 1.67. The van der Waals surface area contributed by atoms with Gasteiger partial charge >= 0.3 is 5.97 Å². The van der Waals surface area contributed by atoms with Crippen LogP contribution in [-0.4, -0.2) is 23.3 Å². The van der Waals surface area contributed by atoms with Gasteiger partial charge in [-0.25, -0.2) is 4.79 Å². The Labute approximate surface area is 140 Å². The molecule has 2 aliphatic carbocycles. The van der Waals surface area contributed by atoms with Gasteiger partial charge in [0.05, 0.1) is 16.4 Å². The highest BCUT2D eigenvalue weighted by atomic mass is 16.6. The molecule has 6 heteroatoms. The number of ketones is 1. The van der Waals surface area contributed by atoms with E-state index in [0.29, 0.717) is 0 Å². The SMILES string of the molecule is CC1(C)[C@@H]2CC[C@@]1(C)C(=O)[C@@H]2COC(=O)c1ccc([N+](=O)[O-])cc1. The largest absolute Gasteiger partial charge is 0.461 e. The molecule has 2 bridgehead atoms. The van der Waals surface area contributed by atoms with Crippen molar-refractivity contribution in [2.45, 2.75) is 33.6 Å². The number of non-ortho nitro benzene ring substituents is 1. The number of carbonyl (C=O) groups is 2. The predicted octanol–water partition coefficient (Wildman–Crippen LogP) is 3.39. The van der Waals surface area contributed by atoms with Gasteiger partial charge in [-0.3, -0.25) is 14.9 Å². The first-order valence-corrected chi connectivity index (χ1v) is 8.14. The van der Waals surface area contributed by atoms with Crippen LogP contribution < -0.4 is 0 Å². The average molecular weight is 331 g/mol. The maximum absolute atomic E-state index is 12.7. The topological polar surface area (TPSA) is 86.5 Å². The van der Waals surface area contributed by atoms with Crippen LogP contribution in [0.1, 0.15) is 44.0 Å². The minimum atomic E-state index is -0.552. The van der Waals surface area contributed by atoms with Crippen molar-refractivity contribution in [3.8, 4) is 0 Å². The van der Waals surface area contributed by atoms with E-state index in [2.05, 4.69) is 13.8 Å². The number of nitro benzene ring substituents is 1. The molecule has 128 valence electrons. The molecule has 0 saturated heterocycles. The number of nitro groups is 1. The molecular weight excluding hydrogens is 310 g/mol. The molecule has 2 aliphatic rings. The number of rotatable bonds is 4. The van der Waals surface area contributed by atoms with Gasteiger partial charge in [-0.1, -0.05) is 20.8 Å². The molecule has 0 radical (unpaired) electrons. The number of fused-ring (bicyclic) bond motifs is 2. The first-order valence-electron chi connectivity index (χ1n) is 8.14. The fourth-order valence-electron chi connectivity index (χ4n) is 4.43. The summed E-state index contributed by atoms with van der Waals surface area (Å²) < 4.78 is 5.34. The van der Waals surface area contributed by atoms with E-state index in [1.54, 1.807) is 0 Å². The Morgan fingerprint density at radius 2 is 1.92 bits per heavy atom. The van der Waals surface area contributed by atoms with E-state index in [9.17, 15) is 19.7 Å². The fourth-order valence-corrected chi connectivity index (χ4v) is 4.43. The van der Waals surface area contributed by atoms with Crippen molar-refractivity contribution in [2.75, 3.05) is 6.61 Å². The third-order valence-corrected chi connectivity index (χ3v) is 6.38. The number of ether oxygens (including phenoxy) is 1. The molecule has 1 aromatic rings. The molecule has 0 amide bonds. The number of Topliss-reactive ketones (excluding diaryl/α,β-unsaturated/α-hetero) is 1. The Kier molecular flexibility index (Phi) is 3.73. The molecule has 2 fully saturated rings. The number of benzene rings is 1. The van der Waals surface area contributed by atoms with Crippen LogP contribution in [0.25, 0.3) is 0 Å². The van der Waals surface area contributed by atoms with Crippen LogP contribution in [0.2, 0.25) is 0 Å². The minimum Gasteiger partial charge on any atom is -0.461 e. The van der Waals surface area contributed by atoms with Crippen molar-refractivity contribution in [3.63, 3.8) is 0 Å². The van der Waals surface area contributed by atoms with Gasteiger partial charge in [0.15, 0.2) is 0 Å². The Bertz CT molecular complexity index is 709. The minimum absolute atomic E-state index is 0.0749. The van der Waals surface area contributed by atoms with Gasteiger partial charge in [0.1, 0.15) is 12.4 Å². The normalized spacial score (nSPS) is 30.4. The lowest BCUT2D eigenvalue weighted by Gasteiger charge is -2.32. The van der Waals surface area contributed by atoms with Gasteiger partial charge in [0.2, 0.25) is 0 Å². The van der Waals surface area contributed by atoms with Gasteiger partial charge in [0, 0.05) is 17.5 Å². The van der Waals surface area contributed by atoms with E-state index < -0.39 is 10.9 Å². The lowest BCUT2D eigenvalue weighted by molar-refractivity contribution is -0.384. The van der Waals surface area contributed by atoms with Crippen molar-refractivity contribution >= 4 is 17.4 Å². The molecule has 24 heavy (non-hydrogen) atoms. The van der Waals surface area contributed by atoms with E-state index >= 15 is 0 Å². The predicted molar refractivity (Wildman–Crippen MR) is 86.5 cm³/mol. The van der Waals surface area contributed by atoms with E-state index in [1.165, 1.54) is 24.3 Å². The second kappa shape index (κ2) is 5.40. The number of carbonyl (C=O) groups excluding carboxylic acids is 2. The summed E-state index contributed by atoms with van der Waals surface area (Å²) in [4.78, 5) is 35.0. The second-order valence-electron chi connectivity index (χ2n) is 7.57. The van der Waals surface area contributed by atoms with Crippen LogP contribution >= 0.6 is 0 Å². The standard InChI is InChI=1S/C18H21NO5/c1-17(2)14-8-9-18(17,3)15(20)13(14)10-24-16(21)11-4-6-12(7-5-11)19(22)23/h4-7,13-14H,8-10H2,1-3H3/t13-,14-,18+/m1/s1. The molecular formula is C18H21NO5. The first-order chi connectivity index (χ1) is 11.2. The van der Waals surface area contributed by atoms with Crippen molar-refractivity contribution in [1.29, 1.82) is 0 Å². The number of hydrogen-bond donors (Lipinski definition) is 0. The first kappa shape index (κ1) is 16.6. The van der Waals surface area contributed by atoms with Crippen molar-refractivity contribution in [1.82, 2.24) is 0 Å². The summed E-state index contributed by atoms with van der Waals surface area (Å²) in [5.74, 6) is -0.371. The van der Waals surface area contributed by atoms with Gasteiger partial charge < -0.3 is 4.74 Å². The second-order valence-corrected chi connectivity index (χ2v) is 7.57. The van der Waals surface area contributed by atoms with Crippen molar-refractivity contribution in [2.24, 2.45) is 22.7 Å². The highest BCUT2D eigenvalue weighted by Crippen LogP contribution is 2.65. The summed E-state index contributed by atoms with van der Waals surface area (Å²) in [6.07, 6.45) is 1.88. The van der Waals surface area contributed by atoms with E-state index in [1.807, 2.05) is 6.92 Å². The molecule has 0 aromatic heterocycles. The van der Waals surface area contributed by atoms with E-state index in [-0.39, 0.29) is 46.3 Å². The van der Waals surface area contributed by atoms with Crippen molar-refractivity contribution < 1.29 is 19.2 Å². The van der Waals surface area contributed by atoms with E-state index in [4.69, 9.17) is 4.74 Å². The molecule has 0 spiro atoms. The van der Waals surface area contributed by atoms with Gasteiger partial charge in [-0.2, -0.15) is 0 Å². The zero-order valence-corrected chi connectivity index (χ0v) is 14.1. The average Bonchev–Trinajstić information content (AvgIpc) is 2.85. The number of nitrogens with zero attached hydrogens (tertiary/aromatic N) is 1. The molecule has 0 unspecified atom stereocenters. The highest BCUT2D eigenvalue weighted by Gasteiger charge is 2.66. The van der Waals surface area contributed by atoms with Crippen LogP contribution in [0.5, 0.6) is 0 Å². The summed E-state index contributed by atoms with van der Waals surface area (Å²) in [5, 5.41) is 10.6. The monoisotopic (exact) mass is 331 g/mol. The van der Waals surface area contributed by atoms with Crippen LogP contribution in [0, 0.1) is 32.8 Å². The quantitative estimate of drug-likeness (QED) is 0.479. The third-order valence-electron chi connectivity index (χ3n) is 6.38. The molecule has 0 aliphatic heterocycles. The molecule has 2 saturated carbocycles. The highest BCUT2D eigenvalue weighted by molar-refractivity contribution is 5.93. The maximum Gasteiger partial charge on any atom is 0.338 e. The smallest absolute Gasteiger partial charge is 0.338 e. The Morgan fingerprint density at radius 1 is 1.29 bits per heavy atom. The fraction of sp³-hybridized carbons (Fsp3) is 0.556. The van der Waals surface area contributed by atoms with Crippen molar-refractivity contribution in [3.05, 3.63) is 39.9 Å². The molecule has 3 atom stereocenters.